The zero-order valence-electron chi connectivity index (χ0n) is 8.70. The predicted molar refractivity (Wildman–Crippen MR) is 57.9 cm³/mol. The Morgan fingerprint density at radius 3 is 2.71 bits per heavy atom. The molecule has 1 aromatic rings. The number of likely N-dealkylation sites (N-methyl/N-ethyl adjacent to an activating group) is 1. The molecule has 14 heavy (non-hydrogen) atoms. The van der Waals surface area contributed by atoms with E-state index in [4.69, 9.17) is 5.73 Å². The zero-order chi connectivity index (χ0) is 10.6. The molecule has 2 N–H and O–H groups in total. The molecule has 0 aliphatic heterocycles. The fourth-order valence-electron chi connectivity index (χ4n) is 1.44. The standard InChI is InChI=1S/C11H17FN2/c1-3-14(8-9(2)13)11-6-4-5-10(12)7-11/h4-7,9H,3,8,13H2,1-2H3/t9-/m0/s1. The van der Waals surface area contributed by atoms with Crippen molar-refractivity contribution in [3.05, 3.63) is 30.1 Å². The van der Waals surface area contributed by atoms with Gasteiger partial charge >= 0.3 is 0 Å². The summed E-state index contributed by atoms with van der Waals surface area (Å²) in [7, 11) is 0. The molecule has 1 atom stereocenters. The van der Waals surface area contributed by atoms with E-state index in [1.807, 2.05) is 19.9 Å². The SMILES string of the molecule is CCN(C[C@H](C)N)c1cccc(F)c1. The van der Waals surface area contributed by atoms with Crippen molar-refractivity contribution in [3.8, 4) is 0 Å². The number of hydrogen-bond acceptors (Lipinski definition) is 2. The van der Waals surface area contributed by atoms with E-state index < -0.39 is 0 Å². The fraction of sp³-hybridized carbons (Fsp3) is 0.455. The molecule has 2 nitrogen and oxygen atoms in total. The Bertz CT molecular complexity index is 286. The first kappa shape index (κ1) is 11.0. The van der Waals surface area contributed by atoms with E-state index in [1.54, 1.807) is 6.07 Å². The van der Waals surface area contributed by atoms with E-state index in [-0.39, 0.29) is 11.9 Å². The molecule has 0 heterocycles. The van der Waals surface area contributed by atoms with Gasteiger partial charge < -0.3 is 10.6 Å². The van der Waals surface area contributed by atoms with Crippen LogP contribution in [0.25, 0.3) is 0 Å². The Kier molecular flexibility index (Phi) is 3.89. The lowest BCUT2D eigenvalue weighted by Crippen LogP contribution is -2.35. The molecule has 0 unspecified atom stereocenters. The van der Waals surface area contributed by atoms with Gasteiger partial charge in [-0.3, -0.25) is 0 Å². The number of halogens is 1. The third kappa shape index (κ3) is 3.00. The fourth-order valence-corrected chi connectivity index (χ4v) is 1.44. The zero-order valence-corrected chi connectivity index (χ0v) is 8.70. The van der Waals surface area contributed by atoms with Crippen molar-refractivity contribution in [2.75, 3.05) is 18.0 Å². The van der Waals surface area contributed by atoms with Crippen molar-refractivity contribution in [1.82, 2.24) is 0 Å². The monoisotopic (exact) mass is 196 g/mol. The van der Waals surface area contributed by atoms with E-state index in [9.17, 15) is 4.39 Å². The second-order valence-corrected chi connectivity index (χ2v) is 3.50. The van der Waals surface area contributed by atoms with Gasteiger partial charge in [0.25, 0.3) is 0 Å². The summed E-state index contributed by atoms with van der Waals surface area (Å²) < 4.78 is 12.9. The third-order valence-electron chi connectivity index (χ3n) is 2.06. The number of nitrogens with two attached hydrogens (primary N) is 1. The van der Waals surface area contributed by atoms with E-state index in [0.29, 0.717) is 0 Å². The Morgan fingerprint density at radius 2 is 2.21 bits per heavy atom. The summed E-state index contributed by atoms with van der Waals surface area (Å²) in [6, 6.07) is 6.69. The van der Waals surface area contributed by atoms with Crippen LogP contribution in [0.3, 0.4) is 0 Å². The largest absolute Gasteiger partial charge is 0.370 e. The van der Waals surface area contributed by atoms with Gasteiger partial charge in [0.2, 0.25) is 0 Å². The second-order valence-electron chi connectivity index (χ2n) is 3.50. The van der Waals surface area contributed by atoms with Gasteiger partial charge in [-0.1, -0.05) is 6.07 Å². The van der Waals surface area contributed by atoms with Crippen LogP contribution in [-0.2, 0) is 0 Å². The lowest BCUT2D eigenvalue weighted by atomic mass is 10.2. The predicted octanol–water partition coefficient (Wildman–Crippen LogP) is 2.00. The van der Waals surface area contributed by atoms with Crippen LogP contribution < -0.4 is 10.6 Å². The normalized spacial score (nSPS) is 12.6. The molecule has 0 spiro atoms. The summed E-state index contributed by atoms with van der Waals surface area (Å²) in [4.78, 5) is 2.06. The number of nitrogens with zero attached hydrogens (tertiary/aromatic N) is 1. The number of hydrogen-bond donors (Lipinski definition) is 1. The van der Waals surface area contributed by atoms with Crippen molar-refractivity contribution in [2.24, 2.45) is 5.73 Å². The van der Waals surface area contributed by atoms with Crippen LogP contribution in [0.4, 0.5) is 10.1 Å². The smallest absolute Gasteiger partial charge is 0.125 e. The molecule has 3 heteroatoms. The molecule has 78 valence electrons. The van der Waals surface area contributed by atoms with Gasteiger partial charge in [0, 0.05) is 24.8 Å². The second kappa shape index (κ2) is 4.96. The first-order valence-corrected chi connectivity index (χ1v) is 4.89. The lowest BCUT2D eigenvalue weighted by molar-refractivity contribution is 0.624. The molecule has 0 aromatic heterocycles. The van der Waals surface area contributed by atoms with E-state index in [0.717, 1.165) is 18.8 Å². The van der Waals surface area contributed by atoms with Gasteiger partial charge in [0.15, 0.2) is 0 Å². The molecule has 0 aliphatic carbocycles. The van der Waals surface area contributed by atoms with Crippen LogP contribution in [-0.4, -0.2) is 19.1 Å². The minimum Gasteiger partial charge on any atom is -0.370 e. The first-order chi connectivity index (χ1) is 6.63. The molecule has 0 bridgehead atoms. The van der Waals surface area contributed by atoms with Gasteiger partial charge in [-0.05, 0) is 32.0 Å². The van der Waals surface area contributed by atoms with Gasteiger partial charge in [-0.2, -0.15) is 0 Å². The van der Waals surface area contributed by atoms with Crippen molar-refractivity contribution in [1.29, 1.82) is 0 Å². The maximum atomic E-state index is 12.9. The van der Waals surface area contributed by atoms with Gasteiger partial charge in [0.05, 0.1) is 0 Å². The highest BCUT2D eigenvalue weighted by Gasteiger charge is 2.06. The van der Waals surface area contributed by atoms with Gasteiger partial charge in [-0.25, -0.2) is 4.39 Å². The average Bonchev–Trinajstić information content (AvgIpc) is 2.14. The van der Waals surface area contributed by atoms with Crippen molar-refractivity contribution in [3.63, 3.8) is 0 Å². The van der Waals surface area contributed by atoms with Crippen LogP contribution in [0.1, 0.15) is 13.8 Å². The van der Waals surface area contributed by atoms with E-state index in [1.165, 1.54) is 12.1 Å². The molecular weight excluding hydrogens is 179 g/mol. The molecule has 0 saturated carbocycles. The Morgan fingerprint density at radius 1 is 1.50 bits per heavy atom. The minimum absolute atomic E-state index is 0.0956. The molecule has 0 saturated heterocycles. The average molecular weight is 196 g/mol. The molecular formula is C11H17FN2. The van der Waals surface area contributed by atoms with Gasteiger partial charge in [0.1, 0.15) is 5.82 Å². The van der Waals surface area contributed by atoms with Crippen LogP contribution in [0, 0.1) is 5.82 Å². The van der Waals surface area contributed by atoms with E-state index in [2.05, 4.69) is 4.90 Å². The molecule has 0 amide bonds. The van der Waals surface area contributed by atoms with Crippen molar-refractivity contribution in [2.45, 2.75) is 19.9 Å². The highest BCUT2D eigenvalue weighted by Crippen LogP contribution is 2.15. The summed E-state index contributed by atoms with van der Waals surface area (Å²) in [5, 5.41) is 0. The summed E-state index contributed by atoms with van der Waals surface area (Å²) >= 11 is 0. The maximum Gasteiger partial charge on any atom is 0.125 e. The Hall–Kier alpha value is -1.09. The van der Waals surface area contributed by atoms with Crippen LogP contribution >= 0.6 is 0 Å². The number of rotatable bonds is 4. The van der Waals surface area contributed by atoms with E-state index >= 15 is 0 Å². The molecule has 0 radical (unpaired) electrons. The highest BCUT2D eigenvalue weighted by molar-refractivity contribution is 5.46. The van der Waals surface area contributed by atoms with Crippen LogP contribution in [0.15, 0.2) is 24.3 Å². The Labute approximate surface area is 84.5 Å². The molecule has 1 aromatic carbocycles. The van der Waals surface area contributed by atoms with Crippen molar-refractivity contribution < 1.29 is 4.39 Å². The Balaban J connectivity index is 2.78. The van der Waals surface area contributed by atoms with Crippen molar-refractivity contribution >= 4 is 5.69 Å². The summed E-state index contributed by atoms with van der Waals surface area (Å²) in [5.41, 5.74) is 6.60. The number of benzene rings is 1. The van der Waals surface area contributed by atoms with Crippen LogP contribution in [0.2, 0.25) is 0 Å². The highest BCUT2D eigenvalue weighted by atomic mass is 19.1. The van der Waals surface area contributed by atoms with Crippen LogP contribution in [0.5, 0.6) is 0 Å². The minimum atomic E-state index is -0.203. The maximum absolute atomic E-state index is 12.9. The molecule has 0 aliphatic rings. The summed E-state index contributed by atoms with van der Waals surface area (Å²) in [6.07, 6.45) is 0. The lowest BCUT2D eigenvalue weighted by Gasteiger charge is -2.24. The third-order valence-corrected chi connectivity index (χ3v) is 2.06. The summed E-state index contributed by atoms with van der Waals surface area (Å²) in [5.74, 6) is -0.203. The van der Waals surface area contributed by atoms with Gasteiger partial charge in [-0.15, -0.1) is 0 Å². The molecule has 0 fully saturated rings. The topological polar surface area (TPSA) is 29.3 Å². The summed E-state index contributed by atoms with van der Waals surface area (Å²) in [6.45, 7) is 5.57. The quantitative estimate of drug-likeness (QED) is 0.798. The first-order valence-electron chi connectivity index (χ1n) is 4.89. The molecule has 1 rings (SSSR count). The number of anilines is 1.